The molecule has 0 bridgehead atoms. The van der Waals surface area contributed by atoms with E-state index in [0.717, 1.165) is 71.2 Å². The average Bonchev–Trinajstić information content (AvgIpc) is 3.00. The summed E-state index contributed by atoms with van der Waals surface area (Å²) in [5.74, 6) is 0.0422. The van der Waals surface area contributed by atoms with Crippen LogP contribution in [0.15, 0.2) is 0 Å². The Hall–Kier alpha value is -0.650. The molecule has 0 amide bonds. The summed E-state index contributed by atoms with van der Waals surface area (Å²) < 4.78 is 5.82. The van der Waals surface area contributed by atoms with Gasteiger partial charge in [-0.25, -0.2) is 0 Å². The van der Waals surface area contributed by atoms with Crippen LogP contribution in [0, 0.1) is 0 Å². The number of hydrogen-bond acceptors (Lipinski definition) is 5. The monoisotopic (exact) mass is 295 g/mol. The van der Waals surface area contributed by atoms with Crippen molar-refractivity contribution in [2.75, 3.05) is 39.8 Å². The van der Waals surface area contributed by atoms with Gasteiger partial charge in [0.05, 0.1) is 0 Å². The third-order valence-electron chi connectivity index (χ3n) is 5.29. The Bertz CT molecular complexity index is 349. The van der Waals surface area contributed by atoms with E-state index in [2.05, 4.69) is 22.2 Å². The lowest BCUT2D eigenvalue weighted by Gasteiger charge is -2.36. The van der Waals surface area contributed by atoms with Crippen LogP contribution in [-0.2, 0) is 9.53 Å². The van der Waals surface area contributed by atoms with Crippen LogP contribution in [0.1, 0.15) is 38.5 Å². The molecule has 0 saturated carbocycles. The van der Waals surface area contributed by atoms with Crippen molar-refractivity contribution in [3.05, 3.63) is 0 Å². The molecular formula is C16H29N3O2. The Kier molecular flexibility index (Phi) is 5.14. The van der Waals surface area contributed by atoms with Gasteiger partial charge in [0.15, 0.2) is 0 Å². The first-order valence-electron chi connectivity index (χ1n) is 8.59. The molecule has 1 unspecified atom stereocenters. The van der Waals surface area contributed by atoms with Gasteiger partial charge in [0.1, 0.15) is 12.1 Å². The van der Waals surface area contributed by atoms with Crippen molar-refractivity contribution in [1.82, 2.24) is 15.1 Å². The van der Waals surface area contributed by atoms with E-state index in [-0.39, 0.29) is 18.1 Å². The molecule has 0 aromatic heterocycles. The summed E-state index contributed by atoms with van der Waals surface area (Å²) in [6.07, 6.45) is 6.57. The molecule has 21 heavy (non-hydrogen) atoms. The zero-order chi connectivity index (χ0) is 14.7. The van der Waals surface area contributed by atoms with Gasteiger partial charge in [-0.15, -0.1) is 0 Å². The van der Waals surface area contributed by atoms with E-state index in [1.165, 1.54) is 0 Å². The number of carbonyl (C=O) groups is 1. The minimum atomic E-state index is 0.0211. The van der Waals surface area contributed by atoms with Crippen LogP contribution in [-0.4, -0.2) is 73.7 Å². The number of hydrogen-bond donors (Lipinski definition) is 1. The second-order valence-electron chi connectivity index (χ2n) is 6.82. The highest BCUT2D eigenvalue weighted by Gasteiger charge is 2.37. The molecule has 3 fully saturated rings. The molecule has 120 valence electrons. The van der Waals surface area contributed by atoms with E-state index in [4.69, 9.17) is 4.74 Å². The second-order valence-corrected chi connectivity index (χ2v) is 6.82. The van der Waals surface area contributed by atoms with Crippen molar-refractivity contribution in [3.8, 4) is 0 Å². The van der Waals surface area contributed by atoms with Crippen LogP contribution in [0.5, 0.6) is 0 Å². The molecule has 0 aromatic rings. The predicted molar refractivity (Wildman–Crippen MR) is 82.2 cm³/mol. The molecule has 0 radical (unpaired) electrons. The first-order valence-corrected chi connectivity index (χ1v) is 8.59. The predicted octanol–water partition coefficient (Wildman–Crippen LogP) is 0.840. The van der Waals surface area contributed by atoms with Crippen molar-refractivity contribution in [3.63, 3.8) is 0 Å². The molecule has 1 N–H and O–H groups in total. The zero-order valence-electron chi connectivity index (χ0n) is 13.2. The van der Waals surface area contributed by atoms with Crippen molar-refractivity contribution < 1.29 is 9.53 Å². The third-order valence-corrected chi connectivity index (χ3v) is 5.29. The Morgan fingerprint density at radius 3 is 2.48 bits per heavy atom. The fourth-order valence-corrected chi connectivity index (χ4v) is 3.96. The molecular weight excluding hydrogens is 266 g/mol. The molecule has 0 aliphatic carbocycles. The number of nitrogens with zero attached hydrogens (tertiary/aromatic N) is 2. The number of carbonyl (C=O) groups excluding carboxylic acids is 1. The molecule has 3 heterocycles. The maximum atomic E-state index is 12.6. The van der Waals surface area contributed by atoms with Crippen LogP contribution in [0.2, 0.25) is 0 Å². The van der Waals surface area contributed by atoms with E-state index < -0.39 is 0 Å². The highest BCUT2D eigenvalue weighted by atomic mass is 16.5. The van der Waals surface area contributed by atoms with Gasteiger partial charge >= 0.3 is 5.97 Å². The van der Waals surface area contributed by atoms with Gasteiger partial charge in [-0.1, -0.05) is 0 Å². The zero-order valence-corrected chi connectivity index (χ0v) is 13.2. The lowest BCUT2D eigenvalue weighted by molar-refractivity contribution is -0.157. The van der Waals surface area contributed by atoms with Crippen molar-refractivity contribution in [2.45, 2.75) is 56.7 Å². The minimum absolute atomic E-state index is 0.0211. The summed E-state index contributed by atoms with van der Waals surface area (Å²) in [4.78, 5) is 17.3. The Labute approximate surface area is 128 Å². The molecule has 3 aliphatic heterocycles. The van der Waals surface area contributed by atoms with Gasteiger partial charge in [-0.05, 0) is 65.2 Å². The van der Waals surface area contributed by atoms with E-state index in [1.54, 1.807) is 0 Å². The molecule has 3 aliphatic rings. The lowest BCUT2D eigenvalue weighted by Crippen LogP contribution is -2.49. The first kappa shape index (κ1) is 15.3. The van der Waals surface area contributed by atoms with Gasteiger partial charge in [0, 0.05) is 19.1 Å². The third kappa shape index (κ3) is 3.76. The molecule has 3 rings (SSSR count). The highest BCUT2D eigenvalue weighted by molar-refractivity contribution is 5.76. The lowest BCUT2D eigenvalue weighted by atomic mass is 10.0. The Balaban J connectivity index is 1.53. The normalized spacial score (nSPS) is 30.6. The standard InChI is InChI=1S/C16H29N3O2/c1-18-11-6-14(7-12-18)21-16(20)15-3-2-10-19(15)13-4-8-17-9-5-13/h13-15,17H,2-12H2,1H3. The van der Waals surface area contributed by atoms with E-state index in [0.29, 0.717) is 6.04 Å². The van der Waals surface area contributed by atoms with Gasteiger partial charge in [-0.2, -0.15) is 0 Å². The molecule has 3 saturated heterocycles. The van der Waals surface area contributed by atoms with Gasteiger partial charge < -0.3 is 15.0 Å². The van der Waals surface area contributed by atoms with E-state index in [1.807, 2.05) is 0 Å². The molecule has 0 aromatic carbocycles. The number of esters is 1. The van der Waals surface area contributed by atoms with Crippen LogP contribution in [0.3, 0.4) is 0 Å². The highest BCUT2D eigenvalue weighted by Crippen LogP contribution is 2.26. The van der Waals surface area contributed by atoms with Crippen LogP contribution >= 0.6 is 0 Å². The molecule has 1 atom stereocenters. The second kappa shape index (κ2) is 7.07. The van der Waals surface area contributed by atoms with Crippen molar-refractivity contribution in [2.24, 2.45) is 0 Å². The fraction of sp³-hybridized carbons (Fsp3) is 0.938. The van der Waals surface area contributed by atoms with Gasteiger partial charge in [0.2, 0.25) is 0 Å². The Morgan fingerprint density at radius 1 is 1.05 bits per heavy atom. The van der Waals surface area contributed by atoms with Gasteiger partial charge in [0.25, 0.3) is 0 Å². The van der Waals surface area contributed by atoms with Crippen LogP contribution < -0.4 is 5.32 Å². The summed E-state index contributed by atoms with van der Waals surface area (Å²) in [6.45, 7) is 5.31. The van der Waals surface area contributed by atoms with Crippen LogP contribution in [0.4, 0.5) is 0 Å². The number of rotatable bonds is 3. The van der Waals surface area contributed by atoms with Crippen molar-refractivity contribution in [1.29, 1.82) is 0 Å². The topological polar surface area (TPSA) is 44.8 Å². The maximum absolute atomic E-state index is 12.6. The quantitative estimate of drug-likeness (QED) is 0.782. The fourth-order valence-electron chi connectivity index (χ4n) is 3.96. The number of piperidine rings is 2. The van der Waals surface area contributed by atoms with Crippen LogP contribution in [0.25, 0.3) is 0 Å². The number of ether oxygens (including phenoxy) is 1. The molecule has 0 spiro atoms. The SMILES string of the molecule is CN1CCC(OC(=O)C2CCCN2C2CCNCC2)CC1. The largest absolute Gasteiger partial charge is 0.461 e. The summed E-state index contributed by atoms with van der Waals surface area (Å²) in [5.41, 5.74) is 0. The summed E-state index contributed by atoms with van der Waals surface area (Å²) in [5, 5.41) is 3.40. The minimum Gasteiger partial charge on any atom is -0.461 e. The maximum Gasteiger partial charge on any atom is 0.323 e. The van der Waals surface area contributed by atoms with E-state index >= 15 is 0 Å². The molecule has 5 nitrogen and oxygen atoms in total. The summed E-state index contributed by atoms with van der Waals surface area (Å²) in [7, 11) is 2.13. The Morgan fingerprint density at radius 2 is 1.76 bits per heavy atom. The average molecular weight is 295 g/mol. The molecule has 5 heteroatoms. The van der Waals surface area contributed by atoms with Gasteiger partial charge in [-0.3, -0.25) is 9.69 Å². The summed E-state index contributed by atoms with van der Waals surface area (Å²) in [6, 6.07) is 0.594. The summed E-state index contributed by atoms with van der Waals surface area (Å²) >= 11 is 0. The first-order chi connectivity index (χ1) is 10.2. The number of likely N-dealkylation sites (tertiary alicyclic amines) is 2. The smallest absolute Gasteiger partial charge is 0.323 e. The van der Waals surface area contributed by atoms with E-state index in [9.17, 15) is 4.79 Å². The number of nitrogens with one attached hydrogen (secondary N) is 1. The van der Waals surface area contributed by atoms with Crippen molar-refractivity contribution >= 4 is 5.97 Å².